The number of hydrogen-bond donors (Lipinski definition) is 0. The second-order valence-corrected chi connectivity index (χ2v) is 6.22. The van der Waals surface area contributed by atoms with E-state index in [-0.39, 0.29) is 29.5 Å². The van der Waals surface area contributed by atoms with Gasteiger partial charge in [0.25, 0.3) is 0 Å². The fourth-order valence-electron chi connectivity index (χ4n) is 2.03. The third-order valence-corrected chi connectivity index (χ3v) is 4.51. The third-order valence-electron chi connectivity index (χ3n) is 3.30. The highest BCUT2D eigenvalue weighted by molar-refractivity contribution is 7.95. The first-order valence-electron chi connectivity index (χ1n) is 7.43. The van der Waals surface area contributed by atoms with Crippen LogP contribution in [0.5, 0.6) is 0 Å². The van der Waals surface area contributed by atoms with Crippen molar-refractivity contribution in [3.63, 3.8) is 0 Å². The molecule has 0 fully saturated rings. The maximum absolute atomic E-state index is 12.0. The van der Waals surface area contributed by atoms with Gasteiger partial charge in [-0.1, -0.05) is 55.6 Å². The Morgan fingerprint density at radius 3 is 2.07 bits per heavy atom. The van der Waals surface area contributed by atoms with Gasteiger partial charge in [-0.25, -0.2) is 4.79 Å². The van der Waals surface area contributed by atoms with E-state index < -0.39 is 0 Å². The summed E-state index contributed by atoms with van der Waals surface area (Å²) in [5.74, 6) is -0.356. The highest BCUT2D eigenvalue weighted by atomic mass is 35.5. The summed E-state index contributed by atoms with van der Waals surface area (Å²) in [4.78, 5) is 12.7. The number of unbranched alkanes of at least 4 members (excludes halogenated alkanes) is 2. The maximum atomic E-state index is 12.0. The van der Waals surface area contributed by atoms with Crippen LogP contribution in [0.15, 0.2) is 53.4 Å². The molecule has 0 aliphatic rings. The van der Waals surface area contributed by atoms with Crippen LogP contribution in [0, 0.1) is 0 Å². The molecule has 0 amide bonds. The van der Waals surface area contributed by atoms with Gasteiger partial charge in [0, 0.05) is 0 Å². The summed E-state index contributed by atoms with van der Waals surface area (Å²) < 4.78 is 5.23. The minimum Gasteiger partial charge on any atom is -0.382 e. The Morgan fingerprint density at radius 2 is 1.52 bits per heavy atom. The molecule has 156 valence electrons. The molecule has 0 saturated heterocycles. The van der Waals surface area contributed by atoms with E-state index in [9.17, 15) is 4.79 Å². The van der Waals surface area contributed by atoms with Crippen molar-refractivity contribution in [1.29, 1.82) is 0 Å². The lowest BCUT2D eigenvalue weighted by molar-refractivity contribution is 0.0768. The van der Waals surface area contributed by atoms with Gasteiger partial charge in [-0.05, 0) is 42.7 Å². The Hall–Kier alpha value is -1.80. The fourth-order valence-corrected chi connectivity index (χ4v) is 2.80. The highest BCUT2D eigenvalue weighted by Crippen LogP contribution is 2.28. The van der Waals surface area contributed by atoms with Crippen LogP contribution in [0.2, 0.25) is 5.02 Å². The Balaban J connectivity index is -0.000000529. The van der Waals surface area contributed by atoms with Crippen molar-refractivity contribution in [3.8, 4) is 0 Å². The van der Waals surface area contributed by atoms with Crippen molar-refractivity contribution in [2.24, 2.45) is 0 Å². The summed E-state index contributed by atoms with van der Waals surface area (Å²) in [6.07, 6.45) is 4.68. The highest BCUT2D eigenvalue weighted by Gasteiger charge is 2.10. The zero-order valence-corrected chi connectivity index (χ0v) is 16.2. The van der Waals surface area contributed by atoms with Gasteiger partial charge in [0.1, 0.15) is 0 Å². The molecule has 2 aromatic carbocycles. The summed E-state index contributed by atoms with van der Waals surface area (Å²) in [6.45, 7) is 2.19. The summed E-state index contributed by atoms with van der Waals surface area (Å²) in [6, 6.07) is 14.9. The minimum absolute atomic E-state index is 0. The Kier molecular flexibility index (Phi) is 21.4. The van der Waals surface area contributed by atoms with Crippen LogP contribution in [0.1, 0.15) is 42.1 Å². The molecule has 0 spiro atoms. The molecule has 0 bridgehead atoms. The molecule has 0 aliphatic carbocycles. The van der Waals surface area contributed by atoms with Crippen molar-refractivity contribution < 1.29 is 32.5 Å². The van der Waals surface area contributed by atoms with Gasteiger partial charge < -0.3 is 4.18 Å². The first-order chi connectivity index (χ1) is 10.7. The number of carbonyl (C=O) groups excluding carboxylic acids is 1. The topological polar surface area (TPSA) is 26.3 Å². The van der Waals surface area contributed by atoms with Crippen LogP contribution >= 0.6 is 23.6 Å². The fraction of sp³-hybridized carbons (Fsp3) is 0.278. The predicted molar refractivity (Wildman–Crippen MR) is 105 cm³/mol. The van der Waals surface area contributed by atoms with Crippen molar-refractivity contribution >= 4 is 29.6 Å². The van der Waals surface area contributed by atoms with Crippen LogP contribution in [-0.4, -0.2) is 5.97 Å². The van der Waals surface area contributed by atoms with E-state index in [2.05, 4.69) is 6.92 Å². The van der Waals surface area contributed by atoms with Crippen LogP contribution < -0.4 is 0 Å². The number of rotatable bonds is 7. The zero-order chi connectivity index (χ0) is 15.8. The molecule has 2 rings (SSSR count). The quantitative estimate of drug-likeness (QED) is 0.275. The molecule has 27 heavy (non-hydrogen) atoms. The summed E-state index contributed by atoms with van der Waals surface area (Å²) in [5.41, 5.74) is 1.81. The maximum Gasteiger partial charge on any atom is 0.350 e. The molecule has 0 N–H and O–H groups in total. The van der Waals surface area contributed by atoms with Crippen molar-refractivity contribution in [1.82, 2.24) is 0 Å². The lowest BCUT2D eigenvalue weighted by atomic mass is 10.1. The van der Waals surface area contributed by atoms with E-state index in [4.69, 9.17) is 15.8 Å². The largest absolute Gasteiger partial charge is 0.382 e. The minimum atomic E-state index is -0.356. The predicted octanol–water partition coefficient (Wildman–Crippen LogP) is 6.70. The average Bonchev–Trinajstić information content (AvgIpc) is 2.55. The summed E-state index contributed by atoms with van der Waals surface area (Å²) >= 11 is 7.01. The Labute approximate surface area is 164 Å². The van der Waals surface area contributed by atoms with E-state index in [0.29, 0.717) is 10.6 Å². The van der Waals surface area contributed by atoms with E-state index in [1.54, 1.807) is 6.07 Å². The molecule has 0 unspecified atom stereocenters. The van der Waals surface area contributed by atoms with Gasteiger partial charge in [-0.3, -0.25) is 23.5 Å². The van der Waals surface area contributed by atoms with Gasteiger partial charge in [-0.15, -0.1) is 0 Å². The van der Waals surface area contributed by atoms with Crippen LogP contribution in [-0.2, 0) is 10.6 Å². The molecule has 0 saturated carbocycles. The first-order valence-corrected chi connectivity index (χ1v) is 8.55. The monoisotopic (exact) mass is 434 g/mol. The number of halogens is 6. The smallest absolute Gasteiger partial charge is 0.350 e. The molecule has 2 nitrogen and oxygen atoms in total. The molecule has 9 heteroatoms. The normalized spacial score (nSPS) is 8.52. The number of benzene rings is 2. The number of aryl methyl sites for hydroxylation is 1. The first kappa shape index (κ1) is 32.8. The molecule has 0 heterocycles. The SMILES string of the molecule is CCCCCc1ccc(C(=O)OSc2ccccc2Cl)cc1.F.F.F.F.F. The van der Waals surface area contributed by atoms with Crippen molar-refractivity contribution in [2.45, 2.75) is 37.5 Å². The molecule has 0 radical (unpaired) electrons. The van der Waals surface area contributed by atoms with E-state index in [1.807, 2.05) is 42.5 Å². The van der Waals surface area contributed by atoms with Gasteiger partial charge in [0.05, 0.1) is 27.5 Å². The Bertz CT molecular complexity index is 629. The molecule has 0 aliphatic heterocycles. The van der Waals surface area contributed by atoms with Crippen molar-refractivity contribution in [2.75, 3.05) is 0 Å². The van der Waals surface area contributed by atoms with Crippen LogP contribution in [0.3, 0.4) is 0 Å². The lowest BCUT2D eigenvalue weighted by Gasteiger charge is -2.05. The second-order valence-electron chi connectivity index (χ2n) is 5.04. The van der Waals surface area contributed by atoms with E-state index in [0.717, 1.165) is 23.4 Å². The van der Waals surface area contributed by atoms with Gasteiger partial charge in [0.2, 0.25) is 0 Å². The third kappa shape index (κ3) is 10.8. The van der Waals surface area contributed by atoms with Crippen molar-refractivity contribution in [3.05, 3.63) is 64.7 Å². The average molecular weight is 435 g/mol. The van der Waals surface area contributed by atoms with E-state index in [1.165, 1.54) is 24.8 Å². The molecule has 2 aromatic rings. The van der Waals surface area contributed by atoms with Gasteiger partial charge >= 0.3 is 5.97 Å². The molecular weight excluding hydrogens is 411 g/mol. The number of hydrogen-bond acceptors (Lipinski definition) is 3. The van der Waals surface area contributed by atoms with Crippen LogP contribution in [0.25, 0.3) is 0 Å². The summed E-state index contributed by atoms with van der Waals surface area (Å²) in [5, 5.41) is 0.576. The molecular formula is C18H24ClF5O2S. The lowest BCUT2D eigenvalue weighted by Crippen LogP contribution is -2.00. The van der Waals surface area contributed by atoms with Gasteiger partial charge in [-0.2, -0.15) is 0 Å². The van der Waals surface area contributed by atoms with Gasteiger partial charge in [0.15, 0.2) is 0 Å². The van der Waals surface area contributed by atoms with E-state index >= 15 is 0 Å². The Morgan fingerprint density at radius 1 is 0.926 bits per heavy atom. The second kappa shape index (κ2) is 17.6. The molecule has 0 atom stereocenters. The van der Waals surface area contributed by atoms with Crippen LogP contribution in [0.4, 0.5) is 23.5 Å². The standard InChI is InChI=1S/C18H19ClO2S.5FH/c1-2-3-4-7-14-10-12-15(13-11-14)18(20)21-22-17-9-6-5-8-16(17)19;;;;;/h5-6,8-13H,2-4,7H2,1H3;5*1H. The molecule has 0 aromatic heterocycles. The number of carbonyl (C=O) groups is 1. The summed E-state index contributed by atoms with van der Waals surface area (Å²) in [7, 11) is 0. The zero-order valence-electron chi connectivity index (χ0n) is 14.6.